The van der Waals surface area contributed by atoms with Crippen LogP contribution in [0, 0.1) is 20.2 Å². The minimum atomic E-state index is -1.03. The molecule has 2 aromatic carbocycles. The molecule has 1 fully saturated rings. The summed E-state index contributed by atoms with van der Waals surface area (Å²) in [6, 6.07) is 10.8. The minimum Gasteiger partial charge on any atom is -0.444 e. The number of non-ortho nitro benzene ring substituents is 2. The Morgan fingerprint density at radius 1 is 0.861 bits per heavy atom. The van der Waals surface area contributed by atoms with Crippen LogP contribution in [0.3, 0.4) is 0 Å². The molecule has 14 heteroatoms. The number of aliphatic imine (C=N–C) groups is 1. The number of ketones is 1. The number of amides is 2. The van der Waals surface area contributed by atoms with Gasteiger partial charge in [-0.25, -0.2) is 9.59 Å². The Balaban J connectivity index is 1.61. The summed E-state index contributed by atoms with van der Waals surface area (Å²) in [6.07, 6.45) is -1.56. The van der Waals surface area contributed by atoms with Crippen molar-refractivity contribution in [2.24, 2.45) is 4.99 Å². The maximum Gasteiger partial charge on any atom is 0.437 e. The predicted molar refractivity (Wildman–Crippen MR) is 123 cm³/mol. The van der Waals surface area contributed by atoms with Crippen molar-refractivity contribution in [2.75, 3.05) is 13.1 Å². The summed E-state index contributed by atoms with van der Waals surface area (Å²) in [5.41, 5.74) is 0.774. The number of rotatable bonds is 6. The first kappa shape index (κ1) is 25.7. The van der Waals surface area contributed by atoms with E-state index in [2.05, 4.69) is 10.3 Å². The Kier molecular flexibility index (Phi) is 8.58. The molecule has 2 amide bonds. The number of carbonyl (C=O) groups is 3. The number of ether oxygens (including phenoxy) is 2. The fourth-order valence-electron chi connectivity index (χ4n) is 3.11. The van der Waals surface area contributed by atoms with E-state index in [0.29, 0.717) is 11.1 Å². The monoisotopic (exact) mass is 499 g/mol. The van der Waals surface area contributed by atoms with Gasteiger partial charge in [-0.3, -0.25) is 30.3 Å². The quantitative estimate of drug-likeness (QED) is 0.268. The van der Waals surface area contributed by atoms with Gasteiger partial charge in [0.25, 0.3) is 11.4 Å². The summed E-state index contributed by atoms with van der Waals surface area (Å²) in [7, 11) is 0. The van der Waals surface area contributed by atoms with Crippen LogP contribution in [0.4, 0.5) is 21.0 Å². The van der Waals surface area contributed by atoms with Crippen LogP contribution < -0.4 is 5.32 Å². The Labute approximate surface area is 203 Å². The first-order valence-electron chi connectivity index (χ1n) is 10.6. The lowest BCUT2D eigenvalue weighted by Crippen LogP contribution is -2.48. The molecule has 1 aliphatic heterocycles. The fourth-order valence-corrected chi connectivity index (χ4v) is 3.11. The molecule has 188 valence electrons. The highest BCUT2D eigenvalue weighted by Crippen LogP contribution is 2.14. The van der Waals surface area contributed by atoms with Gasteiger partial charge >= 0.3 is 12.2 Å². The summed E-state index contributed by atoms with van der Waals surface area (Å²) < 4.78 is 10.2. The molecular formula is C22H21N5O9. The second-order valence-electron chi connectivity index (χ2n) is 7.56. The summed E-state index contributed by atoms with van der Waals surface area (Å²) in [6.45, 7) is 0.0305. The van der Waals surface area contributed by atoms with Gasteiger partial charge in [0.2, 0.25) is 5.96 Å². The van der Waals surface area contributed by atoms with Crippen LogP contribution in [0.25, 0.3) is 0 Å². The Morgan fingerprint density at radius 3 is 1.81 bits per heavy atom. The summed E-state index contributed by atoms with van der Waals surface area (Å²) in [5, 5.41) is 23.8. The SMILES string of the molecule is O=C1CCN(/C(=N/C(=O)OCc2ccc([N+](=O)[O-])cc2)NC(=O)OCc2ccc([N+](=O)[O-])cc2)CC1. The van der Waals surface area contributed by atoms with Gasteiger partial charge in [0.15, 0.2) is 0 Å². The van der Waals surface area contributed by atoms with E-state index in [-0.39, 0.29) is 62.3 Å². The highest BCUT2D eigenvalue weighted by molar-refractivity contribution is 5.99. The molecule has 0 unspecified atom stereocenters. The molecule has 0 aliphatic carbocycles. The normalized spacial score (nSPS) is 13.6. The molecule has 0 saturated carbocycles. The van der Waals surface area contributed by atoms with E-state index in [1.165, 1.54) is 53.4 Å². The maximum atomic E-state index is 12.3. The number of nitro benzene ring substituents is 2. The molecule has 1 aliphatic rings. The van der Waals surface area contributed by atoms with Crippen molar-refractivity contribution in [3.63, 3.8) is 0 Å². The van der Waals surface area contributed by atoms with Gasteiger partial charge in [0.1, 0.15) is 19.0 Å². The third kappa shape index (κ3) is 7.58. The fraction of sp³-hybridized carbons (Fsp3) is 0.273. The third-order valence-corrected chi connectivity index (χ3v) is 5.06. The number of Topliss-reactive ketones (excluding diaryl/α,β-unsaturated/α-hetero) is 1. The van der Waals surface area contributed by atoms with Gasteiger partial charge in [-0.1, -0.05) is 0 Å². The van der Waals surface area contributed by atoms with E-state index in [0.717, 1.165) is 0 Å². The summed E-state index contributed by atoms with van der Waals surface area (Å²) in [4.78, 5) is 61.9. The number of benzene rings is 2. The number of hydrogen-bond acceptors (Lipinski definition) is 9. The zero-order valence-corrected chi connectivity index (χ0v) is 18.8. The lowest BCUT2D eigenvalue weighted by molar-refractivity contribution is -0.385. The molecule has 1 N–H and O–H groups in total. The number of carbonyl (C=O) groups excluding carboxylic acids is 3. The van der Waals surface area contributed by atoms with Crippen molar-refractivity contribution in [3.8, 4) is 0 Å². The van der Waals surface area contributed by atoms with E-state index in [1.807, 2.05) is 0 Å². The van der Waals surface area contributed by atoms with Gasteiger partial charge < -0.3 is 14.4 Å². The first-order chi connectivity index (χ1) is 17.2. The second-order valence-corrected chi connectivity index (χ2v) is 7.56. The largest absolute Gasteiger partial charge is 0.444 e. The zero-order valence-electron chi connectivity index (χ0n) is 18.8. The van der Waals surface area contributed by atoms with Crippen molar-refractivity contribution in [1.29, 1.82) is 0 Å². The number of guanidine groups is 1. The molecule has 0 atom stereocenters. The number of nitrogens with one attached hydrogen (secondary N) is 1. The Bertz CT molecular complexity index is 1170. The van der Waals surface area contributed by atoms with Crippen LogP contribution in [0.1, 0.15) is 24.0 Å². The van der Waals surface area contributed by atoms with E-state index in [9.17, 15) is 34.6 Å². The second kappa shape index (κ2) is 12.0. The molecule has 36 heavy (non-hydrogen) atoms. The zero-order chi connectivity index (χ0) is 26.1. The molecule has 0 radical (unpaired) electrons. The van der Waals surface area contributed by atoms with Crippen molar-refractivity contribution >= 4 is 35.3 Å². The van der Waals surface area contributed by atoms with Crippen LogP contribution >= 0.6 is 0 Å². The highest BCUT2D eigenvalue weighted by Gasteiger charge is 2.23. The number of piperidine rings is 1. The number of nitrogens with zero attached hydrogens (tertiary/aromatic N) is 4. The molecule has 3 rings (SSSR count). The van der Waals surface area contributed by atoms with Crippen molar-refractivity contribution in [3.05, 3.63) is 79.9 Å². The molecule has 1 heterocycles. The highest BCUT2D eigenvalue weighted by atomic mass is 16.6. The molecule has 14 nitrogen and oxygen atoms in total. The van der Waals surface area contributed by atoms with Gasteiger partial charge in [-0.2, -0.15) is 0 Å². The molecule has 1 saturated heterocycles. The van der Waals surface area contributed by atoms with Gasteiger partial charge in [0.05, 0.1) is 9.85 Å². The lowest BCUT2D eigenvalue weighted by atomic mass is 10.1. The van der Waals surface area contributed by atoms with E-state index in [1.54, 1.807) is 0 Å². The van der Waals surface area contributed by atoms with Gasteiger partial charge in [0, 0.05) is 50.2 Å². The minimum absolute atomic E-state index is 0.0343. The van der Waals surface area contributed by atoms with Crippen LogP contribution in [0.15, 0.2) is 53.5 Å². The van der Waals surface area contributed by atoms with E-state index < -0.39 is 22.0 Å². The topological polar surface area (TPSA) is 184 Å². The average Bonchev–Trinajstić information content (AvgIpc) is 2.87. The molecule has 2 aromatic rings. The average molecular weight is 499 g/mol. The summed E-state index contributed by atoms with van der Waals surface area (Å²) >= 11 is 0. The lowest BCUT2D eigenvalue weighted by Gasteiger charge is -2.28. The standard InChI is InChI=1S/C22H21N5O9/c28-19-9-11-25(12-10-19)20(23-21(29)35-13-15-1-5-17(6-2-15)26(31)32)24-22(30)36-14-16-3-7-18(8-4-16)27(33)34/h1-8H,9-14H2,(H,23,24,29,30). The number of hydrogen-bond donors (Lipinski definition) is 1. The summed E-state index contributed by atoms with van der Waals surface area (Å²) in [5.74, 6) is -0.128. The number of nitro groups is 2. The Hall–Kier alpha value is -4.88. The number of alkyl carbamates (subject to hydrolysis) is 1. The molecule has 0 spiro atoms. The van der Waals surface area contributed by atoms with Crippen LogP contribution in [-0.2, 0) is 27.5 Å². The van der Waals surface area contributed by atoms with Gasteiger partial charge in [-0.15, -0.1) is 4.99 Å². The first-order valence-corrected chi connectivity index (χ1v) is 10.6. The van der Waals surface area contributed by atoms with E-state index >= 15 is 0 Å². The van der Waals surface area contributed by atoms with Crippen LogP contribution in [-0.4, -0.2) is 51.8 Å². The maximum absolute atomic E-state index is 12.3. The number of likely N-dealkylation sites (tertiary alicyclic amines) is 1. The van der Waals surface area contributed by atoms with E-state index in [4.69, 9.17) is 9.47 Å². The van der Waals surface area contributed by atoms with Crippen LogP contribution in [0.2, 0.25) is 0 Å². The molecule has 0 aromatic heterocycles. The Morgan fingerprint density at radius 2 is 1.33 bits per heavy atom. The third-order valence-electron chi connectivity index (χ3n) is 5.06. The molecule has 0 bridgehead atoms. The van der Waals surface area contributed by atoms with Crippen molar-refractivity contribution in [1.82, 2.24) is 10.2 Å². The van der Waals surface area contributed by atoms with Crippen LogP contribution in [0.5, 0.6) is 0 Å². The smallest absolute Gasteiger partial charge is 0.437 e. The van der Waals surface area contributed by atoms with Crippen molar-refractivity contribution < 1.29 is 33.7 Å². The van der Waals surface area contributed by atoms with Gasteiger partial charge in [-0.05, 0) is 35.4 Å². The van der Waals surface area contributed by atoms with Crippen molar-refractivity contribution in [2.45, 2.75) is 26.1 Å². The predicted octanol–water partition coefficient (Wildman–Crippen LogP) is 3.09. The molecular weight excluding hydrogens is 478 g/mol.